The van der Waals surface area contributed by atoms with Crippen molar-refractivity contribution in [1.82, 2.24) is 9.55 Å². The minimum absolute atomic E-state index is 0.152. The zero-order valence-corrected chi connectivity index (χ0v) is 17.9. The van der Waals surface area contributed by atoms with Crippen LogP contribution in [0.4, 0.5) is 4.39 Å². The third kappa shape index (κ3) is 4.06. The molecular formula is C27H25FN2O2. The van der Waals surface area contributed by atoms with Crippen molar-refractivity contribution in [3.05, 3.63) is 126 Å². The largest absolute Gasteiger partial charge is 0.466 e. The molecule has 0 amide bonds. The summed E-state index contributed by atoms with van der Waals surface area (Å²) in [5, 5.41) is 0. The highest BCUT2D eigenvalue weighted by atomic mass is 19.1. The molecular weight excluding hydrogens is 403 g/mol. The Morgan fingerprint density at radius 2 is 1.34 bits per heavy atom. The predicted octanol–water partition coefficient (Wildman–Crippen LogP) is 5.36. The summed E-state index contributed by atoms with van der Waals surface area (Å²) in [6, 6.07) is 29.5. The molecule has 0 bridgehead atoms. The van der Waals surface area contributed by atoms with Crippen molar-refractivity contribution in [3.8, 4) is 0 Å². The first kappa shape index (κ1) is 21.5. The van der Waals surface area contributed by atoms with Crippen LogP contribution in [-0.4, -0.2) is 22.1 Å². The van der Waals surface area contributed by atoms with Gasteiger partial charge in [0.05, 0.1) is 18.7 Å². The van der Waals surface area contributed by atoms with E-state index in [-0.39, 0.29) is 12.4 Å². The van der Waals surface area contributed by atoms with Gasteiger partial charge in [0.2, 0.25) is 0 Å². The fraction of sp³-hybridized carbons (Fsp3) is 0.185. The molecule has 0 aliphatic carbocycles. The van der Waals surface area contributed by atoms with E-state index < -0.39 is 11.6 Å². The third-order valence-corrected chi connectivity index (χ3v) is 5.54. The highest BCUT2D eigenvalue weighted by molar-refractivity contribution is 5.69. The Morgan fingerprint density at radius 1 is 0.875 bits per heavy atom. The van der Waals surface area contributed by atoms with Crippen LogP contribution in [0.2, 0.25) is 0 Å². The van der Waals surface area contributed by atoms with E-state index in [4.69, 9.17) is 4.74 Å². The van der Waals surface area contributed by atoms with Crippen molar-refractivity contribution < 1.29 is 13.9 Å². The second-order valence-corrected chi connectivity index (χ2v) is 7.48. The van der Waals surface area contributed by atoms with Crippen LogP contribution in [0.25, 0.3) is 0 Å². The number of aromatic nitrogens is 2. The van der Waals surface area contributed by atoms with Crippen LogP contribution < -0.4 is 0 Å². The molecule has 1 heterocycles. The quantitative estimate of drug-likeness (QED) is 0.280. The van der Waals surface area contributed by atoms with Crippen LogP contribution in [0.1, 0.15) is 35.7 Å². The van der Waals surface area contributed by atoms with E-state index in [1.165, 1.54) is 0 Å². The maximum Gasteiger partial charge on any atom is 0.306 e. The summed E-state index contributed by atoms with van der Waals surface area (Å²) in [6.45, 7) is 2.08. The van der Waals surface area contributed by atoms with Gasteiger partial charge in [-0.25, -0.2) is 4.98 Å². The molecule has 1 aromatic heterocycles. The number of hydrogen-bond acceptors (Lipinski definition) is 3. The number of hydrogen-bond donors (Lipinski definition) is 0. The van der Waals surface area contributed by atoms with Crippen LogP contribution in [0, 0.1) is 6.08 Å². The summed E-state index contributed by atoms with van der Waals surface area (Å²) in [7, 11) is 0. The summed E-state index contributed by atoms with van der Waals surface area (Å²) >= 11 is 0. The van der Waals surface area contributed by atoms with Gasteiger partial charge in [0.15, 0.2) is 0 Å². The summed E-state index contributed by atoms with van der Waals surface area (Å²) in [5.74, 6) is -0.317. The van der Waals surface area contributed by atoms with Gasteiger partial charge in [0, 0.05) is 12.6 Å². The number of aryl methyl sites for hydroxylation is 1. The molecule has 4 nitrogen and oxygen atoms in total. The van der Waals surface area contributed by atoms with Crippen molar-refractivity contribution in [2.24, 2.45) is 0 Å². The summed E-state index contributed by atoms with van der Waals surface area (Å²) < 4.78 is 22.2. The lowest BCUT2D eigenvalue weighted by Gasteiger charge is -2.37. The summed E-state index contributed by atoms with van der Waals surface area (Å²) in [5.41, 5.74) is 2.26. The molecule has 162 valence electrons. The standard InChI is InChI=1S/C27H25FN2O2/c1-2-32-25(31)19-18-24-20-30(26(28)29-24)27(21-12-6-3-7-13-21,22-14-8-4-9-15-22)23-16-10-5-11-17-23/h3-17,20H,2,18-19H2,1H3. The lowest BCUT2D eigenvalue weighted by molar-refractivity contribution is -0.143. The minimum atomic E-state index is -0.969. The van der Waals surface area contributed by atoms with Crippen LogP contribution in [0.15, 0.2) is 97.2 Å². The van der Waals surface area contributed by atoms with Crippen LogP contribution >= 0.6 is 0 Å². The molecule has 0 radical (unpaired) electrons. The molecule has 0 aliphatic heterocycles. The molecule has 4 aromatic rings. The molecule has 4 rings (SSSR count). The number of ether oxygens (including phenoxy) is 1. The molecule has 0 saturated carbocycles. The number of imidazole rings is 1. The highest BCUT2D eigenvalue weighted by Crippen LogP contribution is 2.41. The Morgan fingerprint density at radius 3 is 1.78 bits per heavy atom. The molecule has 0 saturated heterocycles. The summed E-state index contributed by atoms with van der Waals surface area (Å²) in [6.07, 6.45) is 1.55. The van der Waals surface area contributed by atoms with Crippen molar-refractivity contribution in [3.63, 3.8) is 0 Å². The molecule has 32 heavy (non-hydrogen) atoms. The summed E-state index contributed by atoms with van der Waals surface area (Å²) in [4.78, 5) is 16.0. The zero-order valence-electron chi connectivity index (χ0n) is 17.9. The van der Waals surface area contributed by atoms with Gasteiger partial charge in [-0.2, -0.15) is 4.39 Å². The van der Waals surface area contributed by atoms with E-state index in [1.54, 1.807) is 17.7 Å². The predicted molar refractivity (Wildman–Crippen MR) is 122 cm³/mol. The second kappa shape index (κ2) is 9.60. The molecule has 0 aliphatic rings. The van der Waals surface area contributed by atoms with E-state index in [2.05, 4.69) is 4.98 Å². The average molecular weight is 429 g/mol. The van der Waals surface area contributed by atoms with E-state index in [0.29, 0.717) is 18.7 Å². The van der Waals surface area contributed by atoms with Crippen molar-refractivity contribution in [2.45, 2.75) is 25.3 Å². The Hall–Kier alpha value is -3.73. The Bertz CT molecular complexity index is 1060. The molecule has 0 atom stereocenters. The Labute approximate surface area is 187 Å². The first-order valence-corrected chi connectivity index (χ1v) is 10.7. The number of rotatable bonds is 8. The Kier molecular flexibility index (Phi) is 6.45. The number of halogens is 1. The third-order valence-electron chi connectivity index (χ3n) is 5.54. The van der Waals surface area contributed by atoms with E-state index >= 15 is 4.39 Å². The highest BCUT2D eigenvalue weighted by Gasteiger charge is 2.40. The van der Waals surface area contributed by atoms with E-state index in [1.807, 2.05) is 91.0 Å². The number of benzene rings is 3. The average Bonchev–Trinajstić information content (AvgIpc) is 3.21. The van der Waals surface area contributed by atoms with Crippen molar-refractivity contribution >= 4 is 5.97 Å². The molecule has 0 spiro atoms. The molecule has 0 N–H and O–H groups in total. The van der Waals surface area contributed by atoms with Gasteiger partial charge >= 0.3 is 5.97 Å². The zero-order chi connectivity index (χ0) is 22.4. The monoisotopic (exact) mass is 428 g/mol. The van der Waals surface area contributed by atoms with Gasteiger partial charge in [0.1, 0.15) is 5.54 Å². The maximum atomic E-state index is 15.6. The van der Waals surface area contributed by atoms with Crippen molar-refractivity contribution in [2.75, 3.05) is 6.61 Å². The minimum Gasteiger partial charge on any atom is -0.466 e. The van der Waals surface area contributed by atoms with E-state index in [9.17, 15) is 4.79 Å². The van der Waals surface area contributed by atoms with Gasteiger partial charge in [-0.15, -0.1) is 0 Å². The number of nitrogens with zero attached hydrogens (tertiary/aromatic N) is 2. The normalized spacial score (nSPS) is 11.3. The maximum absolute atomic E-state index is 15.6. The fourth-order valence-electron chi connectivity index (χ4n) is 4.18. The van der Waals surface area contributed by atoms with Crippen molar-refractivity contribution in [1.29, 1.82) is 0 Å². The van der Waals surface area contributed by atoms with Gasteiger partial charge in [-0.3, -0.25) is 9.36 Å². The fourth-order valence-corrected chi connectivity index (χ4v) is 4.18. The molecule has 5 heteroatoms. The lowest BCUT2D eigenvalue weighted by Crippen LogP contribution is -2.38. The number of esters is 1. The van der Waals surface area contributed by atoms with Gasteiger partial charge in [0.25, 0.3) is 6.08 Å². The topological polar surface area (TPSA) is 44.1 Å². The second-order valence-electron chi connectivity index (χ2n) is 7.48. The lowest BCUT2D eigenvalue weighted by atomic mass is 9.76. The van der Waals surface area contributed by atoms with E-state index in [0.717, 1.165) is 16.7 Å². The molecule has 0 fully saturated rings. The molecule has 3 aromatic carbocycles. The van der Waals surface area contributed by atoms with Gasteiger partial charge in [-0.1, -0.05) is 91.0 Å². The van der Waals surface area contributed by atoms with Crippen LogP contribution in [-0.2, 0) is 21.5 Å². The number of carbonyl (C=O) groups excluding carboxylic acids is 1. The first-order chi connectivity index (χ1) is 15.7. The molecule has 0 unspecified atom stereocenters. The smallest absolute Gasteiger partial charge is 0.306 e. The van der Waals surface area contributed by atoms with Gasteiger partial charge < -0.3 is 4.74 Å². The van der Waals surface area contributed by atoms with Crippen LogP contribution in [0.3, 0.4) is 0 Å². The number of carbonyl (C=O) groups is 1. The Balaban J connectivity index is 1.92. The van der Waals surface area contributed by atoms with Gasteiger partial charge in [-0.05, 0) is 23.6 Å². The first-order valence-electron chi connectivity index (χ1n) is 10.7. The SMILES string of the molecule is CCOC(=O)CCc1cn(C(c2ccccc2)(c2ccccc2)c2ccccc2)c(F)n1. The van der Waals surface area contributed by atoms with Crippen LogP contribution in [0.5, 0.6) is 0 Å².